The molecule has 82 valence electrons. The van der Waals surface area contributed by atoms with E-state index in [-0.39, 0.29) is 11.7 Å². The van der Waals surface area contributed by atoms with E-state index in [0.717, 1.165) is 31.8 Å². The van der Waals surface area contributed by atoms with Crippen LogP contribution in [0.5, 0.6) is 0 Å². The molecular formula is C10H16N4O. The van der Waals surface area contributed by atoms with Gasteiger partial charge in [0.05, 0.1) is 6.04 Å². The molecule has 2 N–H and O–H groups in total. The third-order valence-electron chi connectivity index (χ3n) is 3.24. The molecule has 1 aromatic heterocycles. The van der Waals surface area contributed by atoms with Crippen molar-refractivity contribution in [1.82, 2.24) is 20.1 Å². The van der Waals surface area contributed by atoms with E-state index in [4.69, 9.17) is 0 Å². The Bertz CT molecular complexity index is 398. The van der Waals surface area contributed by atoms with Gasteiger partial charge >= 0.3 is 5.69 Å². The van der Waals surface area contributed by atoms with E-state index in [9.17, 15) is 4.79 Å². The van der Waals surface area contributed by atoms with Gasteiger partial charge in [0.2, 0.25) is 0 Å². The van der Waals surface area contributed by atoms with Crippen LogP contribution in [0, 0.1) is 0 Å². The number of nitrogens with one attached hydrogen (secondary N) is 2. The van der Waals surface area contributed by atoms with Crippen LogP contribution in [0.4, 0.5) is 0 Å². The molecule has 1 unspecified atom stereocenters. The van der Waals surface area contributed by atoms with Gasteiger partial charge in [-0.2, -0.15) is 5.10 Å². The Morgan fingerprint density at radius 2 is 2.20 bits per heavy atom. The number of aromatic nitrogens is 3. The zero-order valence-corrected chi connectivity index (χ0v) is 8.70. The number of rotatable bonds is 2. The highest BCUT2D eigenvalue weighted by Gasteiger charge is 2.29. The predicted molar refractivity (Wildman–Crippen MR) is 56.0 cm³/mol. The quantitative estimate of drug-likeness (QED) is 0.738. The molecule has 2 aliphatic rings. The fourth-order valence-corrected chi connectivity index (χ4v) is 2.18. The van der Waals surface area contributed by atoms with Gasteiger partial charge in [0.1, 0.15) is 5.82 Å². The molecule has 1 saturated heterocycles. The molecule has 2 fully saturated rings. The third-order valence-corrected chi connectivity index (χ3v) is 3.24. The summed E-state index contributed by atoms with van der Waals surface area (Å²) in [7, 11) is 0. The Morgan fingerprint density at radius 3 is 2.87 bits per heavy atom. The van der Waals surface area contributed by atoms with Crippen LogP contribution in [0.3, 0.4) is 0 Å². The smallest absolute Gasteiger partial charge is 0.315 e. The normalized spacial score (nSPS) is 26.8. The lowest BCUT2D eigenvalue weighted by Gasteiger charge is -2.21. The van der Waals surface area contributed by atoms with E-state index >= 15 is 0 Å². The number of hydrogen-bond acceptors (Lipinski definition) is 3. The van der Waals surface area contributed by atoms with E-state index < -0.39 is 0 Å². The monoisotopic (exact) mass is 208 g/mol. The maximum absolute atomic E-state index is 11.7. The third kappa shape index (κ3) is 1.71. The molecule has 1 aliphatic carbocycles. The van der Waals surface area contributed by atoms with Gasteiger partial charge in [-0.25, -0.2) is 9.48 Å². The van der Waals surface area contributed by atoms with Gasteiger partial charge in [0, 0.05) is 12.5 Å². The minimum Gasteiger partial charge on any atom is -0.315 e. The molecule has 0 radical (unpaired) electrons. The first-order valence-electron chi connectivity index (χ1n) is 5.74. The van der Waals surface area contributed by atoms with E-state index in [0.29, 0.717) is 5.92 Å². The van der Waals surface area contributed by atoms with Gasteiger partial charge < -0.3 is 5.32 Å². The van der Waals surface area contributed by atoms with Crippen molar-refractivity contribution in [2.45, 2.75) is 37.6 Å². The highest BCUT2D eigenvalue weighted by Crippen LogP contribution is 2.37. The van der Waals surface area contributed by atoms with E-state index in [1.807, 2.05) is 0 Å². The van der Waals surface area contributed by atoms with Crippen LogP contribution in [0.15, 0.2) is 4.79 Å². The van der Waals surface area contributed by atoms with Crippen LogP contribution >= 0.6 is 0 Å². The predicted octanol–water partition coefficient (Wildman–Crippen LogP) is 0.373. The van der Waals surface area contributed by atoms with Crippen LogP contribution in [-0.4, -0.2) is 27.9 Å². The van der Waals surface area contributed by atoms with Gasteiger partial charge in [-0.3, -0.25) is 4.98 Å². The topological polar surface area (TPSA) is 62.7 Å². The van der Waals surface area contributed by atoms with Crippen molar-refractivity contribution < 1.29 is 0 Å². The van der Waals surface area contributed by atoms with Crippen molar-refractivity contribution in [3.8, 4) is 0 Å². The summed E-state index contributed by atoms with van der Waals surface area (Å²) in [4.78, 5) is 14.6. The molecule has 15 heavy (non-hydrogen) atoms. The Balaban J connectivity index is 1.86. The lowest BCUT2D eigenvalue weighted by atomic mass is 10.1. The lowest BCUT2D eigenvalue weighted by molar-refractivity contribution is 0.338. The maximum Gasteiger partial charge on any atom is 0.343 e. The zero-order valence-electron chi connectivity index (χ0n) is 8.70. The number of aromatic amines is 1. The van der Waals surface area contributed by atoms with Gasteiger partial charge in [-0.05, 0) is 32.2 Å². The summed E-state index contributed by atoms with van der Waals surface area (Å²) in [6.45, 7) is 1.93. The fourth-order valence-electron chi connectivity index (χ4n) is 2.18. The number of piperidine rings is 1. The first-order chi connectivity index (χ1) is 7.34. The molecule has 5 nitrogen and oxygen atoms in total. The molecule has 1 aromatic rings. The van der Waals surface area contributed by atoms with Crippen molar-refractivity contribution >= 4 is 0 Å². The molecule has 0 spiro atoms. The summed E-state index contributed by atoms with van der Waals surface area (Å²) in [6, 6.07) is 0.245. The number of nitrogens with zero attached hydrogens (tertiary/aromatic N) is 2. The van der Waals surface area contributed by atoms with Crippen LogP contribution in [0.1, 0.15) is 43.5 Å². The Kier molecular flexibility index (Phi) is 2.12. The second-order valence-corrected chi connectivity index (χ2v) is 4.53. The Morgan fingerprint density at radius 1 is 1.33 bits per heavy atom. The fraction of sp³-hybridized carbons (Fsp3) is 0.800. The van der Waals surface area contributed by atoms with Crippen molar-refractivity contribution in [2.75, 3.05) is 13.1 Å². The largest absolute Gasteiger partial charge is 0.343 e. The first kappa shape index (κ1) is 9.15. The van der Waals surface area contributed by atoms with Crippen molar-refractivity contribution in [3.63, 3.8) is 0 Å². The van der Waals surface area contributed by atoms with Crippen LogP contribution in [0.2, 0.25) is 0 Å². The molecule has 1 atom stereocenters. The molecule has 0 amide bonds. The summed E-state index contributed by atoms with van der Waals surface area (Å²) in [5.74, 6) is 1.42. The summed E-state index contributed by atoms with van der Waals surface area (Å²) in [6.07, 6.45) is 4.54. The first-order valence-corrected chi connectivity index (χ1v) is 5.74. The van der Waals surface area contributed by atoms with Gasteiger partial charge in [-0.15, -0.1) is 0 Å². The molecular weight excluding hydrogens is 192 g/mol. The van der Waals surface area contributed by atoms with Crippen LogP contribution < -0.4 is 11.0 Å². The average Bonchev–Trinajstić information content (AvgIpc) is 3.04. The second kappa shape index (κ2) is 3.48. The van der Waals surface area contributed by atoms with Crippen molar-refractivity contribution in [2.24, 2.45) is 0 Å². The summed E-state index contributed by atoms with van der Waals surface area (Å²) in [5.41, 5.74) is -0.0365. The lowest BCUT2D eigenvalue weighted by Crippen LogP contribution is -2.36. The standard InChI is InChI=1S/C10H16N4O/c15-10-12-9(7-3-4-7)13-14(10)8-2-1-5-11-6-8/h7-8,11H,1-6H2,(H,12,13,15). The maximum atomic E-state index is 11.7. The molecule has 1 saturated carbocycles. The Labute approximate surface area is 87.9 Å². The Hall–Kier alpha value is -1.10. The summed E-state index contributed by atoms with van der Waals surface area (Å²) >= 11 is 0. The molecule has 3 rings (SSSR count). The molecule has 0 bridgehead atoms. The van der Waals surface area contributed by atoms with Crippen molar-refractivity contribution in [3.05, 3.63) is 16.3 Å². The number of hydrogen-bond donors (Lipinski definition) is 2. The molecule has 1 aliphatic heterocycles. The number of H-pyrrole nitrogens is 1. The summed E-state index contributed by atoms with van der Waals surface area (Å²) < 4.78 is 1.64. The second-order valence-electron chi connectivity index (χ2n) is 4.53. The van der Waals surface area contributed by atoms with Crippen molar-refractivity contribution in [1.29, 1.82) is 0 Å². The zero-order chi connectivity index (χ0) is 10.3. The highest BCUT2D eigenvalue weighted by molar-refractivity contribution is 5.03. The van der Waals surface area contributed by atoms with E-state index in [1.54, 1.807) is 4.68 Å². The van der Waals surface area contributed by atoms with Gasteiger partial charge in [0.25, 0.3) is 0 Å². The molecule has 0 aromatic carbocycles. The molecule has 2 heterocycles. The van der Waals surface area contributed by atoms with E-state index in [1.165, 1.54) is 12.8 Å². The average molecular weight is 208 g/mol. The minimum atomic E-state index is -0.0365. The van der Waals surface area contributed by atoms with E-state index in [2.05, 4.69) is 15.4 Å². The van der Waals surface area contributed by atoms with Gasteiger partial charge in [-0.1, -0.05) is 0 Å². The molecule has 5 heteroatoms. The van der Waals surface area contributed by atoms with Gasteiger partial charge in [0.15, 0.2) is 0 Å². The highest BCUT2D eigenvalue weighted by atomic mass is 16.2. The van der Waals surface area contributed by atoms with Crippen LogP contribution in [-0.2, 0) is 0 Å². The SMILES string of the molecule is O=c1[nH]c(C2CC2)nn1C1CCCNC1. The minimum absolute atomic E-state index is 0.0365. The summed E-state index contributed by atoms with van der Waals surface area (Å²) in [5, 5.41) is 7.71. The van der Waals surface area contributed by atoms with Crippen LogP contribution in [0.25, 0.3) is 0 Å².